The van der Waals surface area contributed by atoms with E-state index in [0.29, 0.717) is 24.4 Å². The maximum atomic E-state index is 12.4. The molecular weight excluding hydrogens is 344 g/mol. The van der Waals surface area contributed by atoms with E-state index in [4.69, 9.17) is 16.2 Å². The second-order valence-corrected chi connectivity index (χ2v) is 6.51. The number of hydrogen-bond donors (Lipinski definition) is 4. The molecule has 0 aliphatic rings. The summed E-state index contributed by atoms with van der Waals surface area (Å²) in [6, 6.07) is 10.0. The molecule has 0 radical (unpaired) electrons. The Labute approximate surface area is 159 Å². The number of hydrogen-bond acceptors (Lipinski definition) is 5. The topological polar surface area (TPSA) is 119 Å². The van der Waals surface area contributed by atoms with Gasteiger partial charge in [0.25, 0.3) is 0 Å². The zero-order valence-corrected chi connectivity index (χ0v) is 15.8. The van der Waals surface area contributed by atoms with Crippen molar-refractivity contribution in [3.05, 3.63) is 36.4 Å². The van der Waals surface area contributed by atoms with Crippen LogP contribution in [0.1, 0.15) is 26.2 Å². The molecule has 0 aliphatic carbocycles. The Kier molecular flexibility index (Phi) is 7.57. The average Bonchev–Trinajstić information content (AvgIpc) is 2.67. The zero-order chi connectivity index (χ0) is 19.8. The number of carbonyl (C=O) groups is 2. The van der Waals surface area contributed by atoms with Gasteiger partial charge in [0.2, 0.25) is 11.8 Å². The van der Waals surface area contributed by atoms with Crippen molar-refractivity contribution in [2.45, 2.75) is 38.3 Å². The van der Waals surface area contributed by atoms with Crippen LogP contribution in [-0.4, -0.2) is 37.6 Å². The van der Waals surface area contributed by atoms with Gasteiger partial charge in [0.1, 0.15) is 11.8 Å². The van der Waals surface area contributed by atoms with Gasteiger partial charge in [-0.25, -0.2) is 0 Å². The highest BCUT2D eigenvalue weighted by Crippen LogP contribution is 2.29. The smallest absolute Gasteiger partial charge is 0.246 e. The van der Waals surface area contributed by atoms with E-state index in [0.717, 1.165) is 23.6 Å². The van der Waals surface area contributed by atoms with Gasteiger partial charge in [0.05, 0.1) is 13.2 Å². The van der Waals surface area contributed by atoms with Gasteiger partial charge in [-0.05, 0) is 37.8 Å². The standard InChI is InChI=1S/C20H28N4O3/c1-13(23-20(26)17(22)9-5-6-10-21)19(25)24-15-11-14-7-3-4-8-16(14)18(12-15)27-2/h3-4,7-8,11-13,17H,5-6,9-10,21-22H2,1-2H3,(H,23,26)(H,24,25)/t13-,17-/m0/s1. The average molecular weight is 372 g/mol. The van der Waals surface area contributed by atoms with Crippen LogP contribution >= 0.6 is 0 Å². The fourth-order valence-corrected chi connectivity index (χ4v) is 2.79. The molecule has 2 amide bonds. The first kappa shape index (κ1) is 20.7. The second-order valence-electron chi connectivity index (χ2n) is 6.51. The number of ether oxygens (including phenoxy) is 1. The SMILES string of the molecule is COc1cc(NC(=O)[C@H](C)NC(=O)[C@@H](N)CCCCN)cc2ccccc12. The highest BCUT2D eigenvalue weighted by Gasteiger charge is 2.20. The summed E-state index contributed by atoms with van der Waals surface area (Å²) in [5.74, 6) is 0.00243. The third-order valence-electron chi connectivity index (χ3n) is 4.37. The van der Waals surface area contributed by atoms with E-state index in [1.807, 2.05) is 30.3 Å². The fourth-order valence-electron chi connectivity index (χ4n) is 2.79. The highest BCUT2D eigenvalue weighted by atomic mass is 16.5. The molecule has 0 bridgehead atoms. The van der Waals surface area contributed by atoms with Gasteiger partial charge >= 0.3 is 0 Å². The largest absolute Gasteiger partial charge is 0.496 e. The monoisotopic (exact) mass is 372 g/mol. The van der Waals surface area contributed by atoms with Gasteiger partial charge < -0.3 is 26.8 Å². The third-order valence-corrected chi connectivity index (χ3v) is 4.37. The molecule has 0 fully saturated rings. The first-order valence-corrected chi connectivity index (χ1v) is 9.10. The van der Waals surface area contributed by atoms with Crippen molar-refractivity contribution in [3.63, 3.8) is 0 Å². The van der Waals surface area contributed by atoms with Gasteiger partial charge in [-0.15, -0.1) is 0 Å². The Balaban J connectivity index is 1.99. The lowest BCUT2D eigenvalue weighted by atomic mass is 10.1. The summed E-state index contributed by atoms with van der Waals surface area (Å²) in [4.78, 5) is 24.6. The van der Waals surface area contributed by atoms with Crippen LogP contribution in [0.3, 0.4) is 0 Å². The number of anilines is 1. The Hall–Kier alpha value is -2.64. The summed E-state index contributed by atoms with van der Waals surface area (Å²) < 4.78 is 5.41. The van der Waals surface area contributed by atoms with Gasteiger partial charge in [-0.1, -0.05) is 30.7 Å². The summed E-state index contributed by atoms with van der Waals surface area (Å²) in [5.41, 5.74) is 11.9. The number of fused-ring (bicyclic) bond motifs is 1. The fraction of sp³-hybridized carbons (Fsp3) is 0.400. The van der Waals surface area contributed by atoms with Crippen molar-refractivity contribution >= 4 is 28.3 Å². The van der Waals surface area contributed by atoms with Gasteiger partial charge in [0.15, 0.2) is 0 Å². The van der Waals surface area contributed by atoms with E-state index in [-0.39, 0.29) is 11.8 Å². The molecule has 0 heterocycles. The minimum atomic E-state index is -0.712. The van der Waals surface area contributed by atoms with Gasteiger partial charge in [-0.3, -0.25) is 9.59 Å². The third kappa shape index (κ3) is 5.67. The minimum absolute atomic E-state index is 0.324. The van der Waals surface area contributed by atoms with E-state index in [9.17, 15) is 9.59 Å². The van der Waals surface area contributed by atoms with E-state index in [2.05, 4.69) is 10.6 Å². The molecule has 7 heteroatoms. The Morgan fingerprint density at radius 3 is 2.59 bits per heavy atom. The van der Waals surface area contributed by atoms with Crippen LogP contribution in [0, 0.1) is 0 Å². The number of nitrogens with one attached hydrogen (secondary N) is 2. The summed E-state index contributed by atoms with van der Waals surface area (Å²) >= 11 is 0. The first-order valence-electron chi connectivity index (χ1n) is 9.10. The van der Waals surface area contributed by atoms with E-state index < -0.39 is 12.1 Å². The number of unbranched alkanes of at least 4 members (excludes halogenated alkanes) is 1. The van der Waals surface area contributed by atoms with Crippen LogP contribution in [0.4, 0.5) is 5.69 Å². The van der Waals surface area contributed by atoms with Crippen LogP contribution in [-0.2, 0) is 9.59 Å². The predicted octanol–water partition coefficient (Wildman–Crippen LogP) is 1.75. The van der Waals surface area contributed by atoms with Crippen LogP contribution in [0.5, 0.6) is 5.75 Å². The minimum Gasteiger partial charge on any atom is -0.496 e. The Morgan fingerprint density at radius 1 is 1.15 bits per heavy atom. The first-order chi connectivity index (χ1) is 13.0. The molecule has 0 saturated carbocycles. The van der Waals surface area contributed by atoms with Crippen LogP contribution in [0.15, 0.2) is 36.4 Å². The number of rotatable bonds is 9. The number of carbonyl (C=O) groups excluding carboxylic acids is 2. The lowest BCUT2D eigenvalue weighted by molar-refractivity contribution is -0.127. The predicted molar refractivity (Wildman–Crippen MR) is 108 cm³/mol. The van der Waals surface area contributed by atoms with Crippen molar-refractivity contribution in [1.82, 2.24) is 5.32 Å². The molecule has 2 aromatic rings. The molecule has 0 spiro atoms. The van der Waals surface area contributed by atoms with Gasteiger partial charge in [-0.2, -0.15) is 0 Å². The summed E-state index contributed by atoms with van der Waals surface area (Å²) in [6.45, 7) is 2.19. The molecule has 27 heavy (non-hydrogen) atoms. The highest BCUT2D eigenvalue weighted by molar-refractivity contribution is 6.00. The van der Waals surface area contributed by atoms with E-state index >= 15 is 0 Å². The lowest BCUT2D eigenvalue weighted by Gasteiger charge is -2.18. The van der Waals surface area contributed by atoms with E-state index in [1.54, 1.807) is 20.1 Å². The number of methoxy groups -OCH3 is 1. The van der Waals surface area contributed by atoms with Crippen molar-refractivity contribution < 1.29 is 14.3 Å². The molecule has 7 nitrogen and oxygen atoms in total. The van der Waals surface area contributed by atoms with Crippen molar-refractivity contribution in [1.29, 1.82) is 0 Å². The molecule has 2 aromatic carbocycles. The maximum Gasteiger partial charge on any atom is 0.246 e. The Bertz CT molecular complexity index is 794. The molecular formula is C20H28N4O3. The second kappa shape index (κ2) is 9.89. The quantitative estimate of drug-likeness (QED) is 0.500. The molecule has 2 rings (SSSR count). The molecule has 0 aliphatic heterocycles. The lowest BCUT2D eigenvalue weighted by Crippen LogP contribution is -2.48. The molecule has 6 N–H and O–H groups in total. The molecule has 0 aromatic heterocycles. The van der Waals surface area contributed by atoms with Crippen LogP contribution < -0.4 is 26.8 Å². The van der Waals surface area contributed by atoms with Crippen molar-refractivity contribution in [2.24, 2.45) is 11.5 Å². The zero-order valence-electron chi connectivity index (χ0n) is 15.8. The normalized spacial score (nSPS) is 13.0. The maximum absolute atomic E-state index is 12.4. The van der Waals surface area contributed by atoms with Crippen molar-refractivity contribution in [2.75, 3.05) is 19.0 Å². The summed E-state index contributed by atoms with van der Waals surface area (Å²) in [5, 5.41) is 7.38. The van der Waals surface area contributed by atoms with E-state index in [1.165, 1.54) is 0 Å². The summed E-state index contributed by atoms with van der Waals surface area (Å²) in [6.07, 6.45) is 2.14. The van der Waals surface area contributed by atoms with Gasteiger partial charge in [0, 0.05) is 17.1 Å². The number of benzene rings is 2. The number of nitrogens with two attached hydrogens (primary N) is 2. The number of amides is 2. The summed E-state index contributed by atoms with van der Waals surface area (Å²) in [7, 11) is 1.59. The molecule has 2 atom stereocenters. The molecule has 0 saturated heterocycles. The molecule has 0 unspecified atom stereocenters. The Morgan fingerprint density at radius 2 is 1.89 bits per heavy atom. The van der Waals surface area contributed by atoms with Crippen molar-refractivity contribution in [3.8, 4) is 5.75 Å². The molecule has 146 valence electrons. The van der Waals surface area contributed by atoms with Crippen LogP contribution in [0.2, 0.25) is 0 Å². The van der Waals surface area contributed by atoms with Crippen LogP contribution in [0.25, 0.3) is 10.8 Å².